The van der Waals surface area contributed by atoms with Crippen molar-refractivity contribution >= 4 is 11.8 Å². The molecule has 0 amide bonds. The molecule has 0 aliphatic carbocycles. The molecule has 0 aromatic heterocycles. The SMILES string of the molecule is COCCCN(C)C1CNCC1SC. The average Bonchev–Trinajstić information content (AvgIpc) is 2.65. The van der Waals surface area contributed by atoms with Crippen molar-refractivity contribution in [3.05, 3.63) is 0 Å². The summed E-state index contributed by atoms with van der Waals surface area (Å²) in [7, 11) is 3.98. The summed E-state index contributed by atoms with van der Waals surface area (Å²) in [4.78, 5) is 2.46. The van der Waals surface area contributed by atoms with Crippen LogP contribution in [-0.4, -0.2) is 62.8 Å². The Morgan fingerprint density at radius 2 is 2.29 bits per heavy atom. The molecular weight excluding hydrogens is 196 g/mol. The van der Waals surface area contributed by atoms with Crippen molar-refractivity contribution in [1.82, 2.24) is 10.2 Å². The fourth-order valence-electron chi connectivity index (χ4n) is 1.95. The zero-order valence-corrected chi connectivity index (χ0v) is 10.3. The van der Waals surface area contributed by atoms with Crippen LogP contribution in [0.1, 0.15) is 6.42 Å². The van der Waals surface area contributed by atoms with Crippen molar-refractivity contribution < 1.29 is 4.74 Å². The molecule has 1 fully saturated rings. The van der Waals surface area contributed by atoms with Crippen molar-refractivity contribution in [2.45, 2.75) is 17.7 Å². The molecule has 2 atom stereocenters. The van der Waals surface area contributed by atoms with Gasteiger partial charge in [0.25, 0.3) is 0 Å². The van der Waals surface area contributed by atoms with Gasteiger partial charge in [-0.1, -0.05) is 0 Å². The highest BCUT2D eigenvalue weighted by Crippen LogP contribution is 2.18. The van der Waals surface area contributed by atoms with Crippen molar-refractivity contribution in [3.63, 3.8) is 0 Å². The number of hydrogen-bond acceptors (Lipinski definition) is 4. The summed E-state index contributed by atoms with van der Waals surface area (Å²) in [5.74, 6) is 0. The lowest BCUT2D eigenvalue weighted by molar-refractivity contribution is 0.169. The van der Waals surface area contributed by atoms with E-state index in [-0.39, 0.29) is 0 Å². The predicted octanol–water partition coefficient (Wildman–Crippen LogP) is 0.658. The molecule has 1 aliphatic rings. The van der Waals surface area contributed by atoms with Gasteiger partial charge >= 0.3 is 0 Å². The van der Waals surface area contributed by atoms with E-state index in [0.29, 0.717) is 6.04 Å². The number of likely N-dealkylation sites (N-methyl/N-ethyl adjacent to an activating group) is 1. The van der Waals surface area contributed by atoms with Gasteiger partial charge in [0.2, 0.25) is 0 Å². The van der Waals surface area contributed by atoms with Gasteiger partial charge in [-0.25, -0.2) is 0 Å². The Hall–Kier alpha value is 0.230. The topological polar surface area (TPSA) is 24.5 Å². The minimum atomic E-state index is 0.696. The van der Waals surface area contributed by atoms with Gasteiger partial charge in [0.05, 0.1) is 0 Å². The first-order chi connectivity index (χ1) is 6.79. The van der Waals surface area contributed by atoms with Crippen molar-refractivity contribution in [3.8, 4) is 0 Å². The Kier molecular flexibility index (Phi) is 5.86. The third kappa shape index (κ3) is 3.42. The van der Waals surface area contributed by atoms with E-state index in [1.165, 1.54) is 0 Å². The van der Waals surface area contributed by atoms with Crippen molar-refractivity contribution in [2.24, 2.45) is 0 Å². The molecule has 84 valence electrons. The Balaban J connectivity index is 2.24. The molecule has 1 rings (SSSR count). The minimum Gasteiger partial charge on any atom is -0.385 e. The molecule has 0 radical (unpaired) electrons. The van der Waals surface area contributed by atoms with Crippen LogP contribution in [0.2, 0.25) is 0 Å². The minimum absolute atomic E-state index is 0.696. The van der Waals surface area contributed by atoms with Crippen molar-refractivity contribution in [1.29, 1.82) is 0 Å². The Morgan fingerprint density at radius 1 is 1.50 bits per heavy atom. The first-order valence-electron chi connectivity index (χ1n) is 5.22. The standard InChI is InChI=1S/C10H22N2OS/c1-12(5-4-6-13-2)9-7-11-8-10(9)14-3/h9-11H,4-8H2,1-3H3. The van der Waals surface area contributed by atoms with Gasteiger partial charge in [-0.3, -0.25) is 0 Å². The monoisotopic (exact) mass is 218 g/mol. The Morgan fingerprint density at radius 3 is 2.93 bits per heavy atom. The fraction of sp³-hybridized carbons (Fsp3) is 1.00. The van der Waals surface area contributed by atoms with Gasteiger partial charge in [0.15, 0.2) is 0 Å². The first kappa shape index (κ1) is 12.3. The van der Waals surface area contributed by atoms with Crippen LogP contribution in [0.15, 0.2) is 0 Å². The van der Waals surface area contributed by atoms with E-state index < -0.39 is 0 Å². The van der Waals surface area contributed by atoms with E-state index in [0.717, 1.165) is 37.9 Å². The third-order valence-electron chi connectivity index (χ3n) is 2.86. The molecule has 0 aromatic carbocycles. The lowest BCUT2D eigenvalue weighted by atomic mass is 10.2. The highest BCUT2D eigenvalue weighted by Gasteiger charge is 2.28. The number of thioether (sulfide) groups is 1. The normalized spacial score (nSPS) is 27.4. The molecular formula is C10H22N2OS. The van der Waals surface area contributed by atoms with Crippen LogP contribution in [0.5, 0.6) is 0 Å². The van der Waals surface area contributed by atoms with Crippen LogP contribution in [0.3, 0.4) is 0 Å². The number of hydrogen-bond donors (Lipinski definition) is 1. The molecule has 0 aromatic rings. The fourth-order valence-corrected chi connectivity index (χ4v) is 2.85. The smallest absolute Gasteiger partial charge is 0.0474 e. The number of ether oxygens (including phenoxy) is 1. The molecule has 1 aliphatic heterocycles. The first-order valence-corrected chi connectivity index (χ1v) is 6.51. The number of rotatable bonds is 6. The molecule has 3 nitrogen and oxygen atoms in total. The molecule has 2 unspecified atom stereocenters. The van der Waals surface area contributed by atoms with Crippen LogP contribution in [0, 0.1) is 0 Å². The molecule has 4 heteroatoms. The van der Waals surface area contributed by atoms with E-state index in [2.05, 4.69) is 23.5 Å². The second kappa shape index (κ2) is 6.67. The second-order valence-corrected chi connectivity index (χ2v) is 4.90. The molecule has 0 bridgehead atoms. The molecule has 1 saturated heterocycles. The van der Waals surface area contributed by atoms with Crippen LogP contribution in [-0.2, 0) is 4.74 Å². The second-order valence-electron chi connectivity index (χ2n) is 3.83. The quantitative estimate of drug-likeness (QED) is 0.662. The predicted molar refractivity (Wildman–Crippen MR) is 63.1 cm³/mol. The average molecular weight is 218 g/mol. The Labute approximate surface area is 91.6 Å². The summed E-state index contributed by atoms with van der Waals surface area (Å²) in [5.41, 5.74) is 0. The zero-order chi connectivity index (χ0) is 10.4. The lowest BCUT2D eigenvalue weighted by Crippen LogP contribution is -2.40. The van der Waals surface area contributed by atoms with Gasteiger partial charge in [-0.05, 0) is 19.7 Å². The van der Waals surface area contributed by atoms with E-state index in [9.17, 15) is 0 Å². The van der Waals surface area contributed by atoms with Gasteiger partial charge in [-0.15, -0.1) is 0 Å². The number of nitrogens with zero attached hydrogens (tertiary/aromatic N) is 1. The maximum atomic E-state index is 5.06. The molecule has 1 heterocycles. The third-order valence-corrected chi connectivity index (χ3v) is 3.94. The van der Waals surface area contributed by atoms with Crippen LogP contribution in [0.25, 0.3) is 0 Å². The van der Waals surface area contributed by atoms with Crippen LogP contribution in [0.4, 0.5) is 0 Å². The Bertz CT molecular complexity index is 157. The molecule has 0 spiro atoms. The van der Waals surface area contributed by atoms with Gasteiger partial charge in [0, 0.05) is 44.6 Å². The number of methoxy groups -OCH3 is 1. The molecule has 1 N–H and O–H groups in total. The molecule has 0 saturated carbocycles. The van der Waals surface area contributed by atoms with E-state index in [1.54, 1.807) is 7.11 Å². The summed E-state index contributed by atoms with van der Waals surface area (Å²) in [6, 6.07) is 0.696. The highest BCUT2D eigenvalue weighted by molar-refractivity contribution is 7.99. The van der Waals surface area contributed by atoms with E-state index >= 15 is 0 Å². The van der Waals surface area contributed by atoms with Crippen LogP contribution < -0.4 is 5.32 Å². The van der Waals surface area contributed by atoms with Crippen LogP contribution >= 0.6 is 11.8 Å². The summed E-state index contributed by atoms with van der Waals surface area (Å²) >= 11 is 1.97. The summed E-state index contributed by atoms with van der Waals surface area (Å²) in [6.45, 7) is 4.29. The zero-order valence-electron chi connectivity index (χ0n) is 9.45. The van der Waals surface area contributed by atoms with Gasteiger partial charge < -0.3 is 15.0 Å². The van der Waals surface area contributed by atoms with E-state index in [1.807, 2.05) is 11.8 Å². The summed E-state index contributed by atoms with van der Waals surface area (Å²) in [6.07, 6.45) is 3.33. The maximum Gasteiger partial charge on any atom is 0.0474 e. The van der Waals surface area contributed by atoms with Gasteiger partial charge in [-0.2, -0.15) is 11.8 Å². The van der Waals surface area contributed by atoms with E-state index in [4.69, 9.17) is 4.74 Å². The molecule has 14 heavy (non-hydrogen) atoms. The summed E-state index contributed by atoms with van der Waals surface area (Å²) in [5, 5.41) is 4.20. The highest BCUT2D eigenvalue weighted by atomic mass is 32.2. The lowest BCUT2D eigenvalue weighted by Gasteiger charge is -2.27. The summed E-state index contributed by atoms with van der Waals surface area (Å²) < 4.78 is 5.06. The van der Waals surface area contributed by atoms with Gasteiger partial charge in [0.1, 0.15) is 0 Å². The maximum absolute atomic E-state index is 5.06. The van der Waals surface area contributed by atoms with Crippen molar-refractivity contribution in [2.75, 3.05) is 46.7 Å². The number of nitrogens with one attached hydrogen (secondary N) is 1. The largest absolute Gasteiger partial charge is 0.385 e.